The van der Waals surface area contributed by atoms with Crippen molar-refractivity contribution in [3.8, 4) is 11.3 Å². The van der Waals surface area contributed by atoms with Crippen LogP contribution in [0.15, 0.2) is 42.0 Å². The van der Waals surface area contributed by atoms with E-state index in [1.54, 1.807) is 47.5 Å². The summed E-state index contributed by atoms with van der Waals surface area (Å²) in [7, 11) is 1.81. The van der Waals surface area contributed by atoms with E-state index in [-0.39, 0.29) is 24.2 Å². The molecule has 2 N–H and O–H groups in total. The van der Waals surface area contributed by atoms with Gasteiger partial charge in [0.2, 0.25) is 5.91 Å². The van der Waals surface area contributed by atoms with Crippen molar-refractivity contribution in [2.24, 2.45) is 13.0 Å². The van der Waals surface area contributed by atoms with Gasteiger partial charge in [-0.15, -0.1) is 11.3 Å². The van der Waals surface area contributed by atoms with Crippen molar-refractivity contribution in [1.82, 2.24) is 14.9 Å². The summed E-state index contributed by atoms with van der Waals surface area (Å²) in [6.45, 7) is 8.31. The number of aromatic nitrogens is 2. The van der Waals surface area contributed by atoms with Crippen LogP contribution < -0.4 is 10.6 Å². The topological polar surface area (TPSA) is 76.0 Å². The van der Waals surface area contributed by atoms with Gasteiger partial charge < -0.3 is 15.2 Å². The Labute approximate surface area is 199 Å². The first-order valence-electron chi connectivity index (χ1n) is 11.1. The van der Waals surface area contributed by atoms with Crippen LogP contribution in [0.3, 0.4) is 0 Å². The molecule has 0 saturated carbocycles. The van der Waals surface area contributed by atoms with E-state index in [1.165, 1.54) is 36.7 Å². The van der Waals surface area contributed by atoms with Crippen LogP contribution >= 0.6 is 11.3 Å². The maximum atomic E-state index is 13.4. The van der Waals surface area contributed by atoms with Gasteiger partial charge in [0.25, 0.3) is 5.91 Å². The molecule has 0 radical (unpaired) electrons. The molecule has 33 heavy (non-hydrogen) atoms. The Kier molecular flexibility index (Phi) is 10.3. The zero-order valence-corrected chi connectivity index (χ0v) is 20.8. The monoisotopic (exact) mass is 472 g/mol. The van der Waals surface area contributed by atoms with Gasteiger partial charge >= 0.3 is 0 Å². The Morgan fingerprint density at radius 3 is 2.58 bits per heavy atom. The molecule has 0 aliphatic carbocycles. The van der Waals surface area contributed by atoms with Crippen LogP contribution in [0.5, 0.6) is 0 Å². The highest BCUT2D eigenvalue weighted by atomic mass is 32.1. The molecule has 6 nitrogen and oxygen atoms in total. The molecule has 8 heteroatoms. The molecule has 0 saturated heterocycles. The highest BCUT2D eigenvalue weighted by molar-refractivity contribution is 7.14. The predicted molar refractivity (Wildman–Crippen MR) is 133 cm³/mol. The summed E-state index contributed by atoms with van der Waals surface area (Å²) < 4.78 is 15.1. The maximum Gasteiger partial charge on any atom is 0.253 e. The molecule has 1 aromatic carbocycles. The summed E-state index contributed by atoms with van der Waals surface area (Å²) in [5.74, 6) is -0.0561. The summed E-state index contributed by atoms with van der Waals surface area (Å²) in [6, 6.07) is 6.41. The van der Waals surface area contributed by atoms with E-state index in [0.717, 1.165) is 11.5 Å². The summed E-state index contributed by atoms with van der Waals surface area (Å²) in [6.07, 6.45) is 7.57. The fourth-order valence-corrected chi connectivity index (χ4v) is 3.68. The van der Waals surface area contributed by atoms with Crippen LogP contribution in [0.1, 0.15) is 56.0 Å². The van der Waals surface area contributed by atoms with Crippen molar-refractivity contribution in [2.75, 3.05) is 11.9 Å². The van der Waals surface area contributed by atoms with Crippen molar-refractivity contribution in [2.45, 2.75) is 47.0 Å². The van der Waals surface area contributed by atoms with E-state index in [9.17, 15) is 14.0 Å². The van der Waals surface area contributed by atoms with Crippen LogP contribution in [0.2, 0.25) is 0 Å². The Morgan fingerprint density at radius 2 is 2.00 bits per heavy atom. The molecule has 0 aliphatic rings. The van der Waals surface area contributed by atoms with Crippen molar-refractivity contribution in [3.63, 3.8) is 0 Å². The van der Waals surface area contributed by atoms with Gasteiger partial charge in [0.05, 0.1) is 17.8 Å². The number of rotatable bonds is 8. The van der Waals surface area contributed by atoms with Crippen molar-refractivity contribution >= 4 is 28.3 Å². The van der Waals surface area contributed by atoms with Gasteiger partial charge in [0.1, 0.15) is 5.82 Å². The Balaban J connectivity index is 0.000000479. The molecular weight excluding hydrogens is 439 g/mol. The number of carbonyl (C=O) groups excluding carboxylic acids is 2. The lowest BCUT2D eigenvalue weighted by Crippen LogP contribution is -2.32. The number of hydrogen-bond donors (Lipinski definition) is 2. The maximum absolute atomic E-state index is 13.4. The van der Waals surface area contributed by atoms with Crippen molar-refractivity contribution in [3.05, 3.63) is 59.0 Å². The molecule has 2 heterocycles. The number of carbonyl (C=O) groups is 2. The minimum absolute atomic E-state index is 0.154. The number of halogens is 1. The second-order valence-electron chi connectivity index (χ2n) is 8.33. The molecule has 178 valence electrons. The molecule has 0 bridgehead atoms. The van der Waals surface area contributed by atoms with Crippen LogP contribution in [-0.2, 0) is 11.8 Å². The average Bonchev–Trinajstić information content (AvgIpc) is 3.42. The summed E-state index contributed by atoms with van der Waals surface area (Å²) >= 11 is 1.26. The zero-order valence-electron chi connectivity index (χ0n) is 19.9. The Hall–Kier alpha value is -3.00. The summed E-state index contributed by atoms with van der Waals surface area (Å²) in [5, 5.41) is 7.40. The van der Waals surface area contributed by atoms with E-state index in [1.807, 2.05) is 7.05 Å². The van der Waals surface area contributed by atoms with Gasteiger partial charge in [-0.1, -0.05) is 40.0 Å². The van der Waals surface area contributed by atoms with Crippen molar-refractivity contribution in [1.29, 1.82) is 0 Å². The average molecular weight is 473 g/mol. The van der Waals surface area contributed by atoms with E-state index >= 15 is 0 Å². The second-order valence-corrected chi connectivity index (χ2v) is 9.19. The smallest absolute Gasteiger partial charge is 0.253 e. The third-order valence-electron chi connectivity index (χ3n) is 4.84. The molecule has 2 aromatic heterocycles. The van der Waals surface area contributed by atoms with E-state index < -0.39 is 0 Å². The van der Waals surface area contributed by atoms with E-state index in [0.29, 0.717) is 22.0 Å². The summed E-state index contributed by atoms with van der Waals surface area (Å²) in [4.78, 5) is 28.2. The van der Waals surface area contributed by atoms with E-state index in [4.69, 9.17) is 0 Å². The van der Waals surface area contributed by atoms with Crippen LogP contribution in [0.4, 0.5) is 9.52 Å². The molecule has 0 unspecified atom stereocenters. The minimum Gasteiger partial charge on any atom is -0.356 e. The number of aryl methyl sites for hydroxylation is 2. The van der Waals surface area contributed by atoms with Crippen LogP contribution in [-0.4, -0.2) is 27.9 Å². The third kappa shape index (κ3) is 8.81. The molecule has 0 aliphatic heterocycles. The van der Waals surface area contributed by atoms with Gasteiger partial charge in [-0.3, -0.25) is 9.59 Å². The molecular formula is C25H33FN4O2S. The van der Waals surface area contributed by atoms with Gasteiger partial charge in [-0.2, -0.15) is 0 Å². The lowest BCUT2D eigenvalue weighted by atomic mass is 10.1. The number of benzene rings is 1. The highest BCUT2D eigenvalue weighted by Crippen LogP contribution is 2.26. The quantitative estimate of drug-likeness (QED) is 0.435. The second kappa shape index (κ2) is 12.9. The van der Waals surface area contributed by atoms with E-state index in [2.05, 4.69) is 36.4 Å². The zero-order chi connectivity index (χ0) is 24.4. The largest absolute Gasteiger partial charge is 0.356 e. The molecule has 2 amide bonds. The number of amides is 2. The molecule has 3 aromatic rings. The predicted octanol–water partition coefficient (Wildman–Crippen LogP) is 5.80. The number of anilines is 1. The Morgan fingerprint density at radius 1 is 1.24 bits per heavy atom. The third-order valence-corrected chi connectivity index (χ3v) is 5.60. The van der Waals surface area contributed by atoms with Crippen LogP contribution in [0, 0.1) is 18.7 Å². The number of unbranched alkanes of at least 4 members (excludes halogenated alkanes) is 1. The molecule has 0 fully saturated rings. The summed E-state index contributed by atoms with van der Waals surface area (Å²) in [5.41, 5.74) is 2.45. The highest BCUT2D eigenvalue weighted by Gasteiger charge is 2.12. The lowest BCUT2D eigenvalue weighted by Gasteiger charge is -2.04. The number of hydrogen-bond acceptors (Lipinski definition) is 4. The standard InChI is InChI=1S/C18H17FN4O2S.C7H16/c1-11-7-12(3-4-14(11)19)15-10-26-18(21-15)22-16(24)8-20-17(25)13-5-6-23(2)9-13;1-4-5-6-7(2)3/h3-7,9-10H,8H2,1-2H3,(H,20,25)(H,21,22,24);7H,4-6H2,1-3H3. The van der Waals surface area contributed by atoms with Gasteiger partial charge in [0.15, 0.2) is 5.13 Å². The number of thiazole rings is 1. The van der Waals surface area contributed by atoms with Crippen LogP contribution in [0.25, 0.3) is 11.3 Å². The van der Waals surface area contributed by atoms with Crippen molar-refractivity contribution < 1.29 is 14.0 Å². The molecule has 0 spiro atoms. The van der Waals surface area contributed by atoms with Gasteiger partial charge in [-0.05, 0) is 42.7 Å². The molecule has 0 atom stereocenters. The Bertz CT molecular complexity index is 1060. The SMILES string of the molecule is CCCCC(C)C.Cc1cc(-c2csc(NC(=O)CNC(=O)c3ccn(C)c3)n2)ccc1F. The fraction of sp³-hybridized carbons (Fsp3) is 0.400. The lowest BCUT2D eigenvalue weighted by molar-refractivity contribution is -0.115. The number of nitrogens with zero attached hydrogens (tertiary/aromatic N) is 2. The van der Waals surface area contributed by atoms with Gasteiger partial charge in [0, 0.05) is 30.4 Å². The first-order chi connectivity index (χ1) is 15.7. The van der Waals surface area contributed by atoms with Gasteiger partial charge in [-0.25, -0.2) is 9.37 Å². The first-order valence-corrected chi connectivity index (χ1v) is 12.0. The number of nitrogens with one attached hydrogen (secondary N) is 2. The molecule has 3 rings (SSSR count). The fourth-order valence-electron chi connectivity index (χ4n) is 2.94. The first kappa shape index (κ1) is 26.3. The minimum atomic E-state index is -0.370. The normalized spacial score (nSPS) is 10.5.